The lowest BCUT2D eigenvalue weighted by molar-refractivity contribution is -0.137. The Morgan fingerprint density at radius 1 is 0.978 bits per heavy atom. The van der Waals surface area contributed by atoms with E-state index in [1.54, 1.807) is 11.3 Å². The largest absolute Gasteiger partial charge is 0.381 e. The summed E-state index contributed by atoms with van der Waals surface area (Å²) in [5, 5.41) is 4.48. The Kier molecular flexibility index (Phi) is 8.59. The summed E-state index contributed by atoms with van der Waals surface area (Å²) in [5.74, 6) is 1.05. The van der Waals surface area contributed by atoms with Crippen LogP contribution < -0.4 is 5.32 Å². The third kappa shape index (κ3) is 6.10. The van der Waals surface area contributed by atoms with Crippen LogP contribution in [0.15, 0.2) is 24.3 Å². The van der Waals surface area contributed by atoms with Crippen LogP contribution in [0.25, 0.3) is 21.5 Å². The molecule has 4 aliphatic rings. The summed E-state index contributed by atoms with van der Waals surface area (Å²) in [5.41, 5.74) is 5.86. The molecule has 0 radical (unpaired) electrons. The first kappa shape index (κ1) is 30.9. The molecule has 1 aromatic carbocycles. The molecule has 4 aliphatic heterocycles. The number of rotatable bonds is 9. The highest BCUT2D eigenvalue weighted by molar-refractivity contribution is 7.19. The maximum absolute atomic E-state index is 14.0. The van der Waals surface area contributed by atoms with Gasteiger partial charge < -0.3 is 24.8 Å². The minimum Gasteiger partial charge on any atom is -0.381 e. The normalized spacial score (nSPS) is 24.3. The first-order valence-electron chi connectivity index (χ1n) is 17.3. The van der Waals surface area contributed by atoms with E-state index in [9.17, 15) is 9.59 Å². The van der Waals surface area contributed by atoms with Gasteiger partial charge in [-0.25, -0.2) is 0 Å². The molecule has 2 amide bonds. The van der Waals surface area contributed by atoms with Crippen LogP contribution in [0.4, 0.5) is 0 Å². The fraction of sp³-hybridized carbons (Fsp3) is 0.622. The topological polar surface area (TPSA) is 77.7 Å². The van der Waals surface area contributed by atoms with E-state index < -0.39 is 5.41 Å². The standard InChI is InChI=1S/C37H50N4O3S/c1-23-17-24(2)19-27(18-23)33-30(11-15-40-13-9-25(10-14-40)21-38-34(42)26-12-16-44-22-26)31-20-32(45-35(31)39-33)37(3,4)36(43)41-28-5-6-29(41)8-7-28/h17-20,25-26,28-29,39H,5-16,21-22H2,1-4H3,(H,38,42). The van der Waals surface area contributed by atoms with E-state index in [0.717, 1.165) is 51.9 Å². The number of hydrogen-bond acceptors (Lipinski definition) is 5. The number of likely N-dealkylation sites (tertiary alicyclic amines) is 1. The van der Waals surface area contributed by atoms with Gasteiger partial charge in [-0.15, -0.1) is 11.3 Å². The van der Waals surface area contributed by atoms with Crippen molar-refractivity contribution < 1.29 is 14.3 Å². The Hall–Kier alpha value is -2.68. The van der Waals surface area contributed by atoms with Crippen molar-refractivity contribution >= 4 is 33.4 Å². The van der Waals surface area contributed by atoms with Crippen molar-refractivity contribution in [1.29, 1.82) is 0 Å². The third-order valence-corrected chi connectivity index (χ3v) is 12.6. The summed E-state index contributed by atoms with van der Waals surface area (Å²) >= 11 is 1.77. The molecule has 2 bridgehead atoms. The number of H-pyrrole nitrogens is 1. The van der Waals surface area contributed by atoms with Gasteiger partial charge in [0.25, 0.3) is 0 Å². The summed E-state index contributed by atoms with van der Waals surface area (Å²) in [6.45, 7) is 13.8. The number of ether oxygens (including phenoxy) is 1. The van der Waals surface area contributed by atoms with Gasteiger partial charge in [0.2, 0.25) is 11.8 Å². The fourth-order valence-electron chi connectivity index (χ4n) is 8.45. The van der Waals surface area contributed by atoms with Gasteiger partial charge in [-0.3, -0.25) is 9.59 Å². The Morgan fingerprint density at radius 2 is 1.67 bits per heavy atom. The number of nitrogens with one attached hydrogen (secondary N) is 2. The molecule has 4 saturated heterocycles. The summed E-state index contributed by atoms with van der Waals surface area (Å²) in [7, 11) is 0. The highest BCUT2D eigenvalue weighted by Gasteiger charge is 2.47. The Labute approximate surface area is 272 Å². The molecule has 6 heterocycles. The zero-order chi connectivity index (χ0) is 31.3. The smallest absolute Gasteiger partial charge is 0.233 e. The van der Waals surface area contributed by atoms with Crippen LogP contribution in [0, 0.1) is 25.7 Å². The quantitative estimate of drug-likeness (QED) is 0.289. The SMILES string of the molecule is Cc1cc(C)cc(-c2[nH]c3sc(C(C)(C)C(=O)N4C5CCC4CC5)cc3c2CCN2CCC(CNC(=O)C3CCOC3)CC2)c1. The van der Waals surface area contributed by atoms with E-state index in [0.29, 0.717) is 37.1 Å². The van der Waals surface area contributed by atoms with Gasteiger partial charge in [-0.1, -0.05) is 17.2 Å². The molecule has 1 atom stereocenters. The molecule has 242 valence electrons. The van der Waals surface area contributed by atoms with E-state index in [4.69, 9.17) is 4.74 Å². The molecular weight excluding hydrogens is 580 g/mol. The Bertz CT molecular complexity index is 1520. The van der Waals surface area contributed by atoms with Crippen LogP contribution in [0.5, 0.6) is 0 Å². The molecule has 2 N–H and O–H groups in total. The van der Waals surface area contributed by atoms with E-state index in [1.807, 2.05) is 0 Å². The van der Waals surface area contributed by atoms with Crippen molar-refractivity contribution in [1.82, 2.24) is 20.1 Å². The summed E-state index contributed by atoms with van der Waals surface area (Å²) in [4.78, 5) is 37.5. The number of amides is 2. The number of nitrogens with zero attached hydrogens (tertiary/aromatic N) is 2. The zero-order valence-electron chi connectivity index (χ0n) is 27.5. The second-order valence-electron chi connectivity index (χ2n) is 14.8. The molecule has 0 spiro atoms. The Balaban J connectivity index is 1.07. The fourth-order valence-corrected chi connectivity index (χ4v) is 9.64. The molecule has 1 unspecified atom stereocenters. The zero-order valence-corrected chi connectivity index (χ0v) is 28.4. The van der Waals surface area contributed by atoms with Crippen molar-refractivity contribution in [3.05, 3.63) is 45.8 Å². The van der Waals surface area contributed by atoms with Crippen LogP contribution >= 0.6 is 11.3 Å². The highest BCUT2D eigenvalue weighted by Crippen LogP contribution is 2.44. The van der Waals surface area contributed by atoms with E-state index in [-0.39, 0.29) is 11.8 Å². The minimum absolute atomic E-state index is 0.0336. The van der Waals surface area contributed by atoms with Crippen LogP contribution in [0.3, 0.4) is 0 Å². The first-order valence-corrected chi connectivity index (χ1v) is 18.1. The van der Waals surface area contributed by atoms with Gasteiger partial charge in [-0.05, 0) is 127 Å². The van der Waals surface area contributed by atoms with Crippen molar-refractivity contribution in [3.8, 4) is 11.3 Å². The van der Waals surface area contributed by atoms with Crippen molar-refractivity contribution in [2.24, 2.45) is 11.8 Å². The highest BCUT2D eigenvalue weighted by atomic mass is 32.1. The van der Waals surface area contributed by atoms with E-state index in [2.05, 4.69) is 72.1 Å². The monoisotopic (exact) mass is 630 g/mol. The molecule has 45 heavy (non-hydrogen) atoms. The van der Waals surface area contributed by atoms with Crippen molar-refractivity contribution in [3.63, 3.8) is 0 Å². The third-order valence-electron chi connectivity index (χ3n) is 11.2. The number of aryl methyl sites for hydroxylation is 2. The molecule has 0 aliphatic carbocycles. The lowest BCUT2D eigenvalue weighted by atomic mass is 9.88. The maximum atomic E-state index is 14.0. The average molecular weight is 631 g/mol. The van der Waals surface area contributed by atoms with Crippen LogP contribution in [-0.4, -0.2) is 78.1 Å². The number of piperidine rings is 1. The molecular formula is C37H50N4O3S. The van der Waals surface area contributed by atoms with E-state index >= 15 is 0 Å². The lowest BCUT2D eigenvalue weighted by Gasteiger charge is -2.32. The van der Waals surface area contributed by atoms with Gasteiger partial charge in [-0.2, -0.15) is 0 Å². The summed E-state index contributed by atoms with van der Waals surface area (Å²) < 4.78 is 5.39. The van der Waals surface area contributed by atoms with E-state index in [1.165, 1.54) is 68.7 Å². The van der Waals surface area contributed by atoms with Gasteiger partial charge in [0.05, 0.1) is 23.6 Å². The minimum atomic E-state index is -0.533. The maximum Gasteiger partial charge on any atom is 0.233 e. The van der Waals surface area contributed by atoms with Gasteiger partial charge in [0.15, 0.2) is 0 Å². The number of fused-ring (bicyclic) bond motifs is 3. The van der Waals surface area contributed by atoms with Crippen LogP contribution in [0.2, 0.25) is 0 Å². The van der Waals surface area contributed by atoms with Crippen LogP contribution in [-0.2, 0) is 26.2 Å². The van der Waals surface area contributed by atoms with Crippen LogP contribution in [0.1, 0.15) is 80.4 Å². The molecule has 7 nitrogen and oxygen atoms in total. The molecule has 8 heteroatoms. The second kappa shape index (κ2) is 12.5. The number of carbonyl (C=O) groups is 2. The molecule has 7 rings (SSSR count). The number of carbonyl (C=O) groups excluding carboxylic acids is 2. The predicted molar refractivity (Wildman–Crippen MR) is 182 cm³/mol. The lowest BCUT2D eigenvalue weighted by Crippen LogP contribution is -2.45. The molecule has 0 saturated carbocycles. The number of thiophene rings is 1. The van der Waals surface area contributed by atoms with Gasteiger partial charge >= 0.3 is 0 Å². The van der Waals surface area contributed by atoms with Gasteiger partial charge in [0.1, 0.15) is 4.83 Å². The van der Waals surface area contributed by atoms with Crippen molar-refractivity contribution in [2.45, 2.75) is 96.6 Å². The predicted octanol–water partition coefficient (Wildman–Crippen LogP) is 6.35. The summed E-state index contributed by atoms with van der Waals surface area (Å²) in [6.07, 6.45) is 8.72. The first-order chi connectivity index (χ1) is 21.7. The molecule has 2 aromatic heterocycles. The summed E-state index contributed by atoms with van der Waals surface area (Å²) in [6, 6.07) is 10.0. The Morgan fingerprint density at radius 3 is 2.31 bits per heavy atom. The second-order valence-corrected chi connectivity index (χ2v) is 15.9. The number of aromatic nitrogens is 1. The number of benzene rings is 1. The number of aromatic amines is 1. The van der Waals surface area contributed by atoms with Gasteiger partial charge in [0, 0.05) is 42.0 Å². The number of hydrogen-bond donors (Lipinski definition) is 2. The molecule has 3 aromatic rings. The average Bonchev–Trinajstić information content (AvgIpc) is 3.86. The molecule has 4 fully saturated rings. The van der Waals surface area contributed by atoms with Crippen molar-refractivity contribution in [2.75, 3.05) is 39.4 Å².